The second kappa shape index (κ2) is 9.86. The number of ketones is 1. The van der Waals surface area contributed by atoms with Gasteiger partial charge in [-0.1, -0.05) is 30.1 Å². The quantitative estimate of drug-likeness (QED) is 0.171. The second-order valence-electron chi connectivity index (χ2n) is 8.11. The molecule has 1 amide bonds. The fourth-order valence-electron chi connectivity index (χ4n) is 4.10. The Morgan fingerprint density at radius 3 is 2.78 bits per heavy atom. The molecule has 5 rings (SSSR count). The highest BCUT2D eigenvalue weighted by atomic mass is 32.1. The first kappa shape index (κ1) is 24.2. The summed E-state index contributed by atoms with van der Waals surface area (Å²) in [5.74, 6) is -1.86. The van der Waals surface area contributed by atoms with Gasteiger partial charge in [-0.15, -0.1) is 0 Å². The van der Waals surface area contributed by atoms with E-state index < -0.39 is 23.7 Å². The summed E-state index contributed by atoms with van der Waals surface area (Å²) in [6, 6.07) is 7.07. The van der Waals surface area contributed by atoms with Gasteiger partial charge >= 0.3 is 11.9 Å². The van der Waals surface area contributed by atoms with Crippen LogP contribution in [-0.2, 0) is 14.3 Å². The number of carbonyl (C=O) groups excluding carboxylic acids is 3. The Bertz CT molecular complexity index is 1450. The first-order valence-electron chi connectivity index (χ1n) is 11.3. The van der Waals surface area contributed by atoms with Crippen molar-refractivity contribution in [2.45, 2.75) is 13.0 Å². The number of hydrogen-bond acceptors (Lipinski definition) is 10. The van der Waals surface area contributed by atoms with Crippen LogP contribution < -0.4 is 14.4 Å². The zero-order valence-corrected chi connectivity index (χ0v) is 20.5. The summed E-state index contributed by atoms with van der Waals surface area (Å²) in [6.45, 7) is 5.89. The van der Waals surface area contributed by atoms with Gasteiger partial charge in [0.1, 0.15) is 30.5 Å². The summed E-state index contributed by atoms with van der Waals surface area (Å²) in [7, 11) is 0. The van der Waals surface area contributed by atoms with Gasteiger partial charge in [0.2, 0.25) is 0 Å². The monoisotopic (exact) mass is 519 g/mol. The lowest BCUT2D eigenvalue weighted by Gasteiger charge is -2.23. The van der Waals surface area contributed by atoms with Gasteiger partial charge in [-0.05, 0) is 36.8 Å². The highest BCUT2D eigenvalue weighted by molar-refractivity contribution is 7.17. The normalized spacial score (nSPS) is 18.1. The summed E-state index contributed by atoms with van der Waals surface area (Å²) in [5, 5.41) is 11.4. The molecule has 1 N–H and O–H groups in total. The van der Waals surface area contributed by atoms with Crippen LogP contribution in [0.1, 0.15) is 32.5 Å². The Hall–Kier alpha value is -4.51. The number of esters is 1. The maximum Gasteiger partial charge on any atom is 0.350 e. The second-order valence-corrected chi connectivity index (χ2v) is 9.09. The number of Topliss-reactive ketones (excluding diaryl/α,β-unsaturated/α-hetero) is 1. The number of aryl methyl sites for hydroxylation is 1. The third-order valence-electron chi connectivity index (χ3n) is 5.77. The van der Waals surface area contributed by atoms with Crippen LogP contribution in [0, 0.1) is 6.92 Å². The van der Waals surface area contributed by atoms with Crippen molar-refractivity contribution in [3.8, 4) is 11.5 Å². The molecule has 0 bridgehead atoms. The average Bonchev–Trinajstić information content (AvgIpc) is 3.43. The number of ether oxygens (including phenoxy) is 3. The van der Waals surface area contributed by atoms with E-state index in [4.69, 9.17) is 14.2 Å². The molecule has 2 aliphatic rings. The fraction of sp³-hybridized carbons (Fsp3) is 0.192. The van der Waals surface area contributed by atoms with E-state index in [1.165, 1.54) is 17.2 Å². The molecule has 0 aliphatic carbocycles. The van der Waals surface area contributed by atoms with Crippen molar-refractivity contribution in [1.29, 1.82) is 0 Å². The minimum Gasteiger partial charge on any atom is -0.507 e. The van der Waals surface area contributed by atoms with E-state index >= 15 is 0 Å². The predicted octanol–water partition coefficient (Wildman–Crippen LogP) is 3.59. The average molecular weight is 520 g/mol. The third kappa shape index (κ3) is 4.33. The van der Waals surface area contributed by atoms with Gasteiger partial charge < -0.3 is 19.3 Å². The molecule has 4 heterocycles. The van der Waals surface area contributed by atoms with Gasteiger partial charge in [0.05, 0.1) is 17.3 Å². The van der Waals surface area contributed by atoms with Crippen molar-refractivity contribution in [2.75, 3.05) is 24.7 Å². The lowest BCUT2D eigenvalue weighted by atomic mass is 9.96. The number of thiazole rings is 1. The lowest BCUT2D eigenvalue weighted by Crippen LogP contribution is -2.29. The number of nitrogens with zero attached hydrogens (tertiary/aromatic N) is 3. The molecule has 2 aliphatic heterocycles. The number of aromatic nitrogens is 2. The molecular weight excluding hydrogens is 498 g/mol. The van der Waals surface area contributed by atoms with E-state index in [9.17, 15) is 19.5 Å². The van der Waals surface area contributed by atoms with Gasteiger partial charge in [-0.2, -0.15) is 0 Å². The SMILES string of the molecule is C=CCOC(=O)c1sc(N2C(=O)C(=O)C(=C(O)c3ccc4c(c3)OCCO4)C2c2cccnc2)nc1C. The van der Waals surface area contributed by atoms with Crippen molar-refractivity contribution < 1.29 is 33.7 Å². The minimum absolute atomic E-state index is 0.0151. The van der Waals surface area contributed by atoms with Gasteiger partial charge in [0.15, 0.2) is 16.6 Å². The van der Waals surface area contributed by atoms with E-state index in [-0.39, 0.29) is 33.5 Å². The van der Waals surface area contributed by atoms with Crippen molar-refractivity contribution >= 4 is 39.9 Å². The largest absolute Gasteiger partial charge is 0.507 e. The summed E-state index contributed by atoms with van der Waals surface area (Å²) in [4.78, 5) is 49.0. The zero-order chi connectivity index (χ0) is 26.1. The minimum atomic E-state index is -1.04. The molecule has 37 heavy (non-hydrogen) atoms. The van der Waals surface area contributed by atoms with Crippen molar-refractivity contribution in [3.05, 3.63) is 82.7 Å². The molecule has 0 saturated carbocycles. The van der Waals surface area contributed by atoms with Crippen LogP contribution in [0.2, 0.25) is 0 Å². The molecule has 2 aromatic heterocycles. The molecule has 1 unspecified atom stereocenters. The van der Waals surface area contributed by atoms with E-state index in [0.29, 0.717) is 36.0 Å². The molecule has 1 fully saturated rings. The number of anilines is 1. The number of aliphatic hydroxyl groups excluding tert-OH is 1. The fourth-order valence-corrected chi connectivity index (χ4v) is 5.09. The maximum absolute atomic E-state index is 13.3. The maximum atomic E-state index is 13.3. The molecule has 11 heteroatoms. The molecule has 1 aromatic carbocycles. The van der Waals surface area contributed by atoms with Crippen molar-refractivity contribution in [2.24, 2.45) is 0 Å². The number of benzene rings is 1. The van der Waals surface area contributed by atoms with Gasteiger partial charge in [-0.3, -0.25) is 19.5 Å². The number of carbonyl (C=O) groups is 3. The molecule has 1 saturated heterocycles. The van der Waals surface area contributed by atoms with Gasteiger partial charge in [0, 0.05) is 18.0 Å². The Morgan fingerprint density at radius 2 is 2.05 bits per heavy atom. The third-order valence-corrected chi connectivity index (χ3v) is 6.91. The molecule has 3 aromatic rings. The van der Waals surface area contributed by atoms with E-state index in [2.05, 4.69) is 16.5 Å². The molecule has 0 spiro atoms. The standard InChI is InChI=1S/C26H21N3O7S/c1-3-9-36-25(33)23-14(2)28-26(37-23)29-20(16-5-4-8-27-13-16)19(22(31)24(29)32)21(30)15-6-7-17-18(12-15)35-11-10-34-17/h3-8,12-13,20,30H,1,9-11H2,2H3. The number of hydrogen-bond donors (Lipinski definition) is 1. The Labute approximate surface area is 215 Å². The highest BCUT2D eigenvalue weighted by Crippen LogP contribution is 2.44. The predicted molar refractivity (Wildman–Crippen MR) is 134 cm³/mol. The van der Waals surface area contributed by atoms with Crippen LogP contribution in [0.4, 0.5) is 5.13 Å². The smallest absolute Gasteiger partial charge is 0.350 e. The number of rotatable bonds is 6. The van der Waals surface area contributed by atoms with Crippen molar-refractivity contribution in [1.82, 2.24) is 9.97 Å². The Morgan fingerprint density at radius 1 is 1.27 bits per heavy atom. The number of amides is 1. The van der Waals surface area contributed by atoms with Gasteiger partial charge in [0.25, 0.3) is 5.78 Å². The van der Waals surface area contributed by atoms with E-state index in [0.717, 1.165) is 11.3 Å². The molecule has 188 valence electrons. The van der Waals surface area contributed by atoms with Crippen LogP contribution >= 0.6 is 11.3 Å². The highest BCUT2D eigenvalue weighted by Gasteiger charge is 2.48. The lowest BCUT2D eigenvalue weighted by molar-refractivity contribution is -0.132. The Balaban J connectivity index is 1.63. The van der Waals surface area contributed by atoms with Crippen LogP contribution in [-0.4, -0.2) is 52.6 Å². The summed E-state index contributed by atoms with van der Waals surface area (Å²) >= 11 is 0.919. The first-order chi connectivity index (χ1) is 17.9. The molecule has 1 atom stereocenters. The summed E-state index contributed by atoms with van der Waals surface area (Å²) in [6.07, 6.45) is 4.49. The number of fused-ring (bicyclic) bond motifs is 1. The van der Waals surface area contributed by atoms with Crippen LogP contribution in [0.15, 0.2) is 61.0 Å². The summed E-state index contributed by atoms with van der Waals surface area (Å²) < 4.78 is 16.3. The van der Waals surface area contributed by atoms with E-state index in [1.807, 2.05) is 0 Å². The van der Waals surface area contributed by atoms with Crippen LogP contribution in [0.25, 0.3) is 5.76 Å². The Kier molecular flexibility index (Phi) is 6.45. The molecule has 0 radical (unpaired) electrons. The number of pyridine rings is 1. The zero-order valence-electron chi connectivity index (χ0n) is 19.7. The molecular formula is C26H21N3O7S. The van der Waals surface area contributed by atoms with Crippen molar-refractivity contribution in [3.63, 3.8) is 0 Å². The van der Waals surface area contributed by atoms with E-state index in [1.54, 1.807) is 43.5 Å². The van der Waals surface area contributed by atoms with Gasteiger partial charge in [-0.25, -0.2) is 9.78 Å². The summed E-state index contributed by atoms with van der Waals surface area (Å²) in [5.41, 5.74) is 0.954. The number of aliphatic hydroxyl groups is 1. The molecule has 10 nitrogen and oxygen atoms in total. The van der Waals surface area contributed by atoms with Crippen LogP contribution in [0.3, 0.4) is 0 Å². The first-order valence-corrected chi connectivity index (χ1v) is 12.1. The van der Waals surface area contributed by atoms with Crippen LogP contribution in [0.5, 0.6) is 11.5 Å². The topological polar surface area (TPSA) is 128 Å².